The van der Waals surface area contributed by atoms with Crippen molar-refractivity contribution in [2.45, 2.75) is 0 Å². The molecule has 0 spiro atoms. The highest BCUT2D eigenvalue weighted by Crippen LogP contribution is 2.20. The molecule has 1 aromatic heterocycles. The number of carbonyl (C=O) groups is 1. The van der Waals surface area contributed by atoms with Crippen molar-refractivity contribution in [2.75, 3.05) is 11.9 Å². The lowest BCUT2D eigenvalue weighted by Crippen LogP contribution is -2.26. The second-order valence-corrected chi connectivity index (χ2v) is 4.95. The van der Waals surface area contributed by atoms with E-state index in [-0.39, 0.29) is 11.6 Å². The van der Waals surface area contributed by atoms with Crippen molar-refractivity contribution in [1.82, 2.24) is 4.98 Å². The van der Waals surface area contributed by atoms with E-state index in [4.69, 9.17) is 0 Å². The van der Waals surface area contributed by atoms with E-state index in [9.17, 15) is 14.9 Å². The summed E-state index contributed by atoms with van der Waals surface area (Å²) in [6.07, 6.45) is 3.05. The van der Waals surface area contributed by atoms with Crippen molar-refractivity contribution in [2.24, 2.45) is 0 Å². The molecule has 2 rings (SSSR count). The summed E-state index contributed by atoms with van der Waals surface area (Å²) in [6, 6.07) is 7.44. The maximum atomic E-state index is 12.2. The lowest BCUT2D eigenvalue weighted by molar-refractivity contribution is -0.384. The van der Waals surface area contributed by atoms with E-state index in [1.807, 2.05) is 0 Å². The van der Waals surface area contributed by atoms with Crippen LogP contribution >= 0.6 is 15.9 Å². The van der Waals surface area contributed by atoms with E-state index in [0.717, 1.165) is 0 Å². The highest BCUT2D eigenvalue weighted by Gasteiger charge is 2.15. The molecule has 0 saturated carbocycles. The molecule has 0 radical (unpaired) electrons. The van der Waals surface area contributed by atoms with Gasteiger partial charge < -0.3 is 4.90 Å². The van der Waals surface area contributed by atoms with Crippen molar-refractivity contribution in [1.29, 1.82) is 0 Å². The number of anilines is 1. The molecule has 7 heteroatoms. The number of nitrogens with zero attached hydrogens (tertiary/aromatic N) is 3. The molecule has 0 N–H and O–H groups in total. The summed E-state index contributed by atoms with van der Waals surface area (Å²) in [5.41, 5.74) is 0.986. The molecule has 1 amide bonds. The van der Waals surface area contributed by atoms with Gasteiger partial charge >= 0.3 is 0 Å². The van der Waals surface area contributed by atoms with Crippen LogP contribution in [0.3, 0.4) is 0 Å². The van der Waals surface area contributed by atoms with E-state index >= 15 is 0 Å². The molecule has 0 aliphatic heterocycles. The molecule has 0 atom stereocenters. The Kier molecular flexibility index (Phi) is 4.09. The number of amides is 1. The number of nitro groups is 1. The largest absolute Gasteiger partial charge is 0.311 e. The normalized spacial score (nSPS) is 10.1. The fraction of sp³-hybridized carbons (Fsp3) is 0.0769. The number of hydrogen-bond acceptors (Lipinski definition) is 4. The van der Waals surface area contributed by atoms with E-state index in [1.165, 1.54) is 35.4 Å². The van der Waals surface area contributed by atoms with Gasteiger partial charge in [-0.05, 0) is 34.1 Å². The van der Waals surface area contributed by atoms with Gasteiger partial charge in [0.25, 0.3) is 11.6 Å². The molecule has 0 saturated heterocycles. The van der Waals surface area contributed by atoms with Crippen LogP contribution in [0.4, 0.5) is 11.4 Å². The Bertz CT molecular complexity index is 658. The summed E-state index contributed by atoms with van der Waals surface area (Å²) in [7, 11) is 1.60. The number of benzene rings is 1. The molecule has 2 aromatic rings. The maximum absolute atomic E-state index is 12.2. The number of carbonyl (C=O) groups excluding carboxylic acids is 1. The average molecular weight is 336 g/mol. The Labute approximate surface area is 123 Å². The van der Waals surface area contributed by atoms with Crippen LogP contribution in [0, 0.1) is 10.1 Å². The van der Waals surface area contributed by atoms with Crippen LogP contribution in [0.25, 0.3) is 0 Å². The van der Waals surface area contributed by atoms with Gasteiger partial charge in [0.2, 0.25) is 0 Å². The molecular weight excluding hydrogens is 326 g/mol. The van der Waals surface area contributed by atoms with Crippen molar-refractivity contribution in [3.63, 3.8) is 0 Å². The number of pyridine rings is 1. The van der Waals surface area contributed by atoms with Gasteiger partial charge in [-0.1, -0.05) is 0 Å². The summed E-state index contributed by atoms with van der Waals surface area (Å²) < 4.78 is 0.709. The molecule has 0 aliphatic rings. The standard InChI is InChI=1S/C13H10BrN3O3/c1-16(11-2-4-12(5-3-11)17(19)20)13(18)9-6-10(14)8-15-7-9/h2-8H,1H3. The first-order chi connectivity index (χ1) is 9.49. The smallest absolute Gasteiger partial charge is 0.269 e. The number of aromatic nitrogens is 1. The second-order valence-electron chi connectivity index (χ2n) is 4.03. The van der Waals surface area contributed by atoms with Gasteiger partial charge in [0.15, 0.2) is 0 Å². The van der Waals surface area contributed by atoms with Gasteiger partial charge in [-0.2, -0.15) is 0 Å². The van der Waals surface area contributed by atoms with Gasteiger partial charge in [0, 0.05) is 41.7 Å². The molecule has 6 nitrogen and oxygen atoms in total. The Hall–Kier alpha value is -2.28. The monoisotopic (exact) mass is 335 g/mol. The minimum Gasteiger partial charge on any atom is -0.311 e. The first-order valence-electron chi connectivity index (χ1n) is 5.62. The Morgan fingerprint density at radius 3 is 2.50 bits per heavy atom. The van der Waals surface area contributed by atoms with Crippen LogP contribution in [0.2, 0.25) is 0 Å². The summed E-state index contributed by atoms with van der Waals surface area (Å²) in [6.45, 7) is 0. The predicted octanol–water partition coefficient (Wildman–Crippen LogP) is 3.03. The second kappa shape index (κ2) is 5.79. The zero-order valence-electron chi connectivity index (χ0n) is 10.5. The number of rotatable bonds is 3. The third-order valence-electron chi connectivity index (χ3n) is 2.70. The Morgan fingerprint density at radius 1 is 1.30 bits per heavy atom. The van der Waals surface area contributed by atoms with Crippen LogP contribution in [-0.4, -0.2) is 22.9 Å². The van der Waals surface area contributed by atoms with Crippen molar-refractivity contribution < 1.29 is 9.72 Å². The zero-order chi connectivity index (χ0) is 14.7. The van der Waals surface area contributed by atoms with Crippen molar-refractivity contribution in [3.05, 3.63) is 62.9 Å². The van der Waals surface area contributed by atoms with E-state index in [1.54, 1.807) is 19.3 Å². The highest BCUT2D eigenvalue weighted by molar-refractivity contribution is 9.10. The molecular formula is C13H10BrN3O3. The quantitative estimate of drug-likeness (QED) is 0.638. The van der Waals surface area contributed by atoms with Gasteiger partial charge in [-0.25, -0.2) is 0 Å². The zero-order valence-corrected chi connectivity index (χ0v) is 12.1. The van der Waals surface area contributed by atoms with Crippen molar-refractivity contribution >= 4 is 33.2 Å². The highest BCUT2D eigenvalue weighted by atomic mass is 79.9. The fourth-order valence-corrected chi connectivity index (χ4v) is 2.00. The van der Waals surface area contributed by atoms with Crippen LogP contribution in [-0.2, 0) is 0 Å². The van der Waals surface area contributed by atoms with Crippen LogP contribution in [0.15, 0.2) is 47.2 Å². The number of non-ortho nitro benzene ring substituents is 1. The molecule has 1 aromatic carbocycles. The van der Waals surface area contributed by atoms with E-state index in [2.05, 4.69) is 20.9 Å². The SMILES string of the molecule is CN(C(=O)c1cncc(Br)c1)c1ccc([N+](=O)[O-])cc1. The fourth-order valence-electron chi connectivity index (χ4n) is 1.64. The first kappa shape index (κ1) is 14.1. The summed E-state index contributed by atoms with van der Waals surface area (Å²) in [5, 5.41) is 10.6. The Balaban J connectivity index is 2.24. The molecule has 0 fully saturated rings. The average Bonchev–Trinajstić information content (AvgIpc) is 2.46. The molecule has 102 valence electrons. The molecule has 0 unspecified atom stereocenters. The molecule has 0 aliphatic carbocycles. The first-order valence-corrected chi connectivity index (χ1v) is 6.41. The van der Waals surface area contributed by atoms with E-state index < -0.39 is 4.92 Å². The number of nitro benzene ring substituents is 1. The van der Waals surface area contributed by atoms with Crippen LogP contribution < -0.4 is 4.90 Å². The lowest BCUT2D eigenvalue weighted by Gasteiger charge is -2.17. The van der Waals surface area contributed by atoms with Gasteiger partial charge in [0.1, 0.15) is 0 Å². The molecule has 1 heterocycles. The Morgan fingerprint density at radius 2 is 1.95 bits per heavy atom. The number of hydrogen-bond donors (Lipinski definition) is 0. The number of halogens is 1. The van der Waals surface area contributed by atoms with Crippen LogP contribution in [0.1, 0.15) is 10.4 Å². The minimum atomic E-state index is -0.482. The lowest BCUT2D eigenvalue weighted by atomic mass is 10.2. The third kappa shape index (κ3) is 3.00. The third-order valence-corrected chi connectivity index (χ3v) is 3.14. The van der Waals surface area contributed by atoms with Gasteiger partial charge in [0.05, 0.1) is 10.5 Å². The summed E-state index contributed by atoms with van der Waals surface area (Å²) >= 11 is 3.25. The summed E-state index contributed by atoms with van der Waals surface area (Å²) in [5.74, 6) is -0.243. The molecule has 20 heavy (non-hydrogen) atoms. The topological polar surface area (TPSA) is 76.3 Å². The van der Waals surface area contributed by atoms with Crippen molar-refractivity contribution in [3.8, 4) is 0 Å². The molecule has 0 bridgehead atoms. The van der Waals surface area contributed by atoms with E-state index in [0.29, 0.717) is 15.7 Å². The van der Waals surface area contributed by atoms with Gasteiger partial charge in [-0.3, -0.25) is 19.9 Å². The minimum absolute atomic E-state index is 0.0151. The maximum Gasteiger partial charge on any atom is 0.269 e. The van der Waals surface area contributed by atoms with Crippen LogP contribution in [0.5, 0.6) is 0 Å². The predicted molar refractivity (Wildman–Crippen MR) is 77.8 cm³/mol. The summed E-state index contributed by atoms with van der Waals surface area (Å²) in [4.78, 5) is 27.7. The van der Waals surface area contributed by atoms with Gasteiger partial charge in [-0.15, -0.1) is 0 Å².